The molecule has 30 heavy (non-hydrogen) atoms. The van der Waals surface area contributed by atoms with Crippen molar-refractivity contribution >= 4 is 16.7 Å². The van der Waals surface area contributed by atoms with Gasteiger partial charge in [-0.1, -0.05) is 36.4 Å². The number of oxazole rings is 1. The zero-order valence-electron chi connectivity index (χ0n) is 16.5. The fraction of sp³-hybridized carbons (Fsp3) is 0.250. The van der Waals surface area contributed by atoms with Crippen molar-refractivity contribution in [1.29, 1.82) is 5.26 Å². The van der Waals surface area contributed by atoms with Crippen LogP contribution >= 0.6 is 0 Å². The first-order valence-corrected chi connectivity index (χ1v) is 10.2. The van der Waals surface area contributed by atoms with E-state index in [1.54, 1.807) is 6.26 Å². The molecule has 3 heterocycles. The number of furan rings is 1. The Kier molecular flexibility index (Phi) is 4.96. The second-order valence-electron chi connectivity index (χ2n) is 7.49. The quantitative estimate of drug-likeness (QED) is 0.480. The lowest BCUT2D eigenvalue weighted by Gasteiger charge is -2.25. The highest BCUT2D eigenvalue weighted by Gasteiger charge is 2.26. The average molecular weight is 398 g/mol. The summed E-state index contributed by atoms with van der Waals surface area (Å²) in [6.07, 6.45) is 4.08. The predicted molar refractivity (Wildman–Crippen MR) is 115 cm³/mol. The summed E-state index contributed by atoms with van der Waals surface area (Å²) in [7, 11) is 0. The minimum absolute atomic E-state index is 0.0835. The van der Waals surface area contributed by atoms with Crippen LogP contribution in [0.15, 0.2) is 69.7 Å². The number of nitrogens with one attached hydrogen (secondary N) is 1. The van der Waals surface area contributed by atoms with Crippen molar-refractivity contribution in [2.45, 2.75) is 18.9 Å². The number of anilines is 1. The van der Waals surface area contributed by atoms with Crippen molar-refractivity contribution < 1.29 is 8.83 Å². The third kappa shape index (κ3) is 3.44. The lowest BCUT2D eigenvalue weighted by atomic mass is 10.0. The molecular formula is C24H22N4O2. The lowest BCUT2D eigenvalue weighted by molar-refractivity contribution is 0.224. The Labute approximate surface area is 174 Å². The molecule has 4 aromatic rings. The maximum absolute atomic E-state index is 9.61. The first kappa shape index (κ1) is 18.5. The molecule has 1 fully saturated rings. The third-order valence-corrected chi connectivity index (χ3v) is 5.66. The van der Waals surface area contributed by atoms with Gasteiger partial charge in [0.2, 0.25) is 17.5 Å². The van der Waals surface area contributed by atoms with Crippen LogP contribution in [0.5, 0.6) is 0 Å². The van der Waals surface area contributed by atoms with E-state index in [1.165, 1.54) is 12.8 Å². The second kappa shape index (κ2) is 8.05. The zero-order valence-corrected chi connectivity index (χ0v) is 16.5. The van der Waals surface area contributed by atoms with Gasteiger partial charge in [0.1, 0.15) is 11.8 Å². The summed E-state index contributed by atoms with van der Waals surface area (Å²) in [5.74, 6) is 1.76. The van der Waals surface area contributed by atoms with Crippen LogP contribution < -0.4 is 5.32 Å². The highest BCUT2D eigenvalue weighted by atomic mass is 16.4. The zero-order chi connectivity index (χ0) is 20.3. The van der Waals surface area contributed by atoms with Gasteiger partial charge in [-0.25, -0.2) is 0 Å². The van der Waals surface area contributed by atoms with E-state index in [9.17, 15) is 5.26 Å². The Hall–Kier alpha value is -3.56. The molecule has 5 rings (SSSR count). The molecule has 1 aliphatic rings. The van der Waals surface area contributed by atoms with E-state index in [2.05, 4.69) is 33.4 Å². The molecule has 0 unspecified atom stereocenters. The highest BCUT2D eigenvalue weighted by molar-refractivity contribution is 5.94. The molecule has 0 aliphatic carbocycles. The monoisotopic (exact) mass is 398 g/mol. The summed E-state index contributed by atoms with van der Waals surface area (Å²) in [4.78, 5) is 6.86. The van der Waals surface area contributed by atoms with E-state index in [0.717, 1.165) is 35.2 Å². The van der Waals surface area contributed by atoms with Gasteiger partial charge in [0.15, 0.2) is 0 Å². The smallest absolute Gasteiger partial charge is 0.232 e. The van der Waals surface area contributed by atoms with Crippen LogP contribution in [0.2, 0.25) is 0 Å². The Morgan fingerprint density at radius 1 is 1.07 bits per heavy atom. The van der Waals surface area contributed by atoms with Crippen molar-refractivity contribution in [3.05, 3.63) is 72.3 Å². The van der Waals surface area contributed by atoms with E-state index < -0.39 is 0 Å². The van der Waals surface area contributed by atoms with Crippen molar-refractivity contribution in [3.63, 3.8) is 0 Å². The molecular weight excluding hydrogens is 376 g/mol. The molecule has 2 aromatic carbocycles. The fourth-order valence-electron chi connectivity index (χ4n) is 4.18. The summed E-state index contributed by atoms with van der Waals surface area (Å²) in [6, 6.07) is 20.2. The van der Waals surface area contributed by atoms with Crippen LogP contribution in [0.4, 0.5) is 5.88 Å². The number of aromatic nitrogens is 1. The van der Waals surface area contributed by atoms with Gasteiger partial charge in [0.05, 0.1) is 12.3 Å². The molecule has 1 saturated heterocycles. The Morgan fingerprint density at radius 3 is 2.70 bits per heavy atom. The minimum atomic E-state index is 0.0835. The van der Waals surface area contributed by atoms with Crippen LogP contribution in [0.3, 0.4) is 0 Å². The van der Waals surface area contributed by atoms with Gasteiger partial charge in [0.25, 0.3) is 0 Å². The number of rotatable bonds is 6. The third-order valence-electron chi connectivity index (χ3n) is 5.66. The molecule has 6 heteroatoms. The number of hydrogen-bond acceptors (Lipinski definition) is 6. The number of fused-ring (bicyclic) bond motifs is 1. The van der Waals surface area contributed by atoms with E-state index in [1.807, 2.05) is 42.5 Å². The SMILES string of the molecule is N#Cc1nc(-c2cccc3ccccc23)oc1NC[C@@H](c1ccco1)N1CCCC1. The number of nitriles is 1. The number of likely N-dealkylation sites (tertiary alicyclic amines) is 1. The molecule has 0 bridgehead atoms. The molecule has 6 nitrogen and oxygen atoms in total. The van der Waals surface area contributed by atoms with Crippen molar-refractivity contribution in [1.82, 2.24) is 9.88 Å². The Bertz CT molecular complexity index is 1180. The second-order valence-corrected chi connectivity index (χ2v) is 7.49. The number of nitrogens with zero attached hydrogens (tertiary/aromatic N) is 3. The van der Waals surface area contributed by atoms with E-state index >= 15 is 0 Å². The van der Waals surface area contributed by atoms with E-state index in [-0.39, 0.29) is 11.7 Å². The summed E-state index contributed by atoms with van der Waals surface area (Å²) < 4.78 is 11.7. The van der Waals surface area contributed by atoms with Crippen LogP contribution in [0, 0.1) is 11.3 Å². The molecule has 0 radical (unpaired) electrons. The van der Waals surface area contributed by atoms with Gasteiger partial charge in [-0.15, -0.1) is 0 Å². The van der Waals surface area contributed by atoms with Crippen LogP contribution in [0.1, 0.15) is 30.3 Å². The lowest BCUT2D eigenvalue weighted by Crippen LogP contribution is -2.30. The normalized spacial score (nSPS) is 15.3. The summed E-state index contributed by atoms with van der Waals surface area (Å²) in [6.45, 7) is 2.65. The average Bonchev–Trinajstić information content (AvgIpc) is 3.56. The van der Waals surface area contributed by atoms with E-state index in [4.69, 9.17) is 8.83 Å². The largest absolute Gasteiger partial charge is 0.468 e. The summed E-state index contributed by atoms with van der Waals surface area (Å²) in [5, 5.41) is 15.1. The number of benzene rings is 2. The molecule has 2 aromatic heterocycles. The van der Waals surface area contributed by atoms with Gasteiger partial charge in [-0.3, -0.25) is 4.90 Å². The Balaban J connectivity index is 1.44. The van der Waals surface area contributed by atoms with Crippen LogP contribution in [0.25, 0.3) is 22.2 Å². The molecule has 1 aliphatic heterocycles. The van der Waals surface area contributed by atoms with Gasteiger partial charge in [-0.05, 0) is 54.9 Å². The first-order valence-electron chi connectivity index (χ1n) is 10.2. The molecule has 0 saturated carbocycles. The van der Waals surface area contributed by atoms with Crippen LogP contribution in [-0.2, 0) is 0 Å². The minimum Gasteiger partial charge on any atom is -0.468 e. The Morgan fingerprint density at radius 2 is 1.90 bits per heavy atom. The topological polar surface area (TPSA) is 78.2 Å². The molecule has 1 atom stereocenters. The van der Waals surface area contributed by atoms with Gasteiger partial charge in [0, 0.05) is 12.1 Å². The van der Waals surface area contributed by atoms with Gasteiger partial charge in [-0.2, -0.15) is 10.2 Å². The van der Waals surface area contributed by atoms with Crippen molar-refractivity contribution in [2.24, 2.45) is 0 Å². The summed E-state index contributed by atoms with van der Waals surface area (Å²) in [5.41, 5.74) is 1.14. The molecule has 150 valence electrons. The maximum Gasteiger partial charge on any atom is 0.232 e. The molecule has 0 amide bonds. The van der Waals surface area contributed by atoms with Gasteiger partial charge < -0.3 is 14.2 Å². The van der Waals surface area contributed by atoms with Crippen LogP contribution in [-0.4, -0.2) is 29.5 Å². The molecule has 1 N–H and O–H groups in total. The summed E-state index contributed by atoms with van der Waals surface area (Å²) >= 11 is 0. The maximum atomic E-state index is 9.61. The van der Waals surface area contributed by atoms with Gasteiger partial charge >= 0.3 is 0 Å². The fourth-order valence-corrected chi connectivity index (χ4v) is 4.18. The van der Waals surface area contributed by atoms with E-state index in [0.29, 0.717) is 18.3 Å². The highest BCUT2D eigenvalue weighted by Crippen LogP contribution is 2.32. The molecule has 0 spiro atoms. The van der Waals surface area contributed by atoms with Crippen molar-refractivity contribution in [3.8, 4) is 17.5 Å². The predicted octanol–water partition coefficient (Wildman–Crippen LogP) is 5.21. The number of hydrogen-bond donors (Lipinski definition) is 1. The standard InChI is InChI=1S/C24H22N4O2/c25-15-20-24(26-16-21(22-11-6-14-29-22)28-12-3-4-13-28)30-23(27-20)19-10-5-8-17-7-1-2-9-18(17)19/h1-2,5-11,14,21,26H,3-4,12-13,16H2/t21-/m0/s1. The van der Waals surface area contributed by atoms with Crippen molar-refractivity contribution in [2.75, 3.05) is 25.0 Å². The first-order chi connectivity index (χ1) is 14.8.